The number of nitrogens with zero attached hydrogens (tertiary/aromatic N) is 2. The normalized spacial score (nSPS) is 24.3. The molecule has 0 radical (unpaired) electrons. The molecule has 2 rings (SSSR count). The van der Waals surface area contributed by atoms with Gasteiger partial charge < -0.3 is 5.32 Å². The third-order valence-corrected chi connectivity index (χ3v) is 2.15. The number of hydrogen-bond donors (Lipinski definition) is 1. The standard InChI is InChI=1S/C8H13N3/c1-11-6-4-8(10-11)7-3-2-5-9-7/h4,6-7,9H,2-3,5H2,1H3/t7-/m0/s1. The van der Waals surface area contributed by atoms with Crippen molar-refractivity contribution in [2.75, 3.05) is 6.54 Å². The van der Waals surface area contributed by atoms with Crippen molar-refractivity contribution < 1.29 is 0 Å². The van der Waals surface area contributed by atoms with E-state index in [1.54, 1.807) is 0 Å². The quantitative estimate of drug-likeness (QED) is 0.644. The third-order valence-electron chi connectivity index (χ3n) is 2.15. The second-order valence-electron chi connectivity index (χ2n) is 3.06. The van der Waals surface area contributed by atoms with Crippen LogP contribution in [0, 0.1) is 0 Å². The van der Waals surface area contributed by atoms with Gasteiger partial charge in [0.25, 0.3) is 0 Å². The zero-order chi connectivity index (χ0) is 7.68. The number of hydrogen-bond acceptors (Lipinski definition) is 2. The fraction of sp³-hybridized carbons (Fsp3) is 0.625. The molecule has 3 nitrogen and oxygen atoms in total. The molecule has 0 aromatic carbocycles. The van der Waals surface area contributed by atoms with E-state index in [0.717, 1.165) is 6.54 Å². The van der Waals surface area contributed by atoms with Gasteiger partial charge in [0.2, 0.25) is 0 Å². The van der Waals surface area contributed by atoms with E-state index in [0.29, 0.717) is 6.04 Å². The fourth-order valence-electron chi connectivity index (χ4n) is 1.56. The zero-order valence-corrected chi connectivity index (χ0v) is 6.75. The van der Waals surface area contributed by atoms with Crippen LogP contribution >= 0.6 is 0 Å². The van der Waals surface area contributed by atoms with Crippen LogP contribution in [-0.2, 0) is 7.05 Å². The van der Waals surface area contributed by atoms with E-state index >= 15 is 0 Å². The summed E-state index contributed by atoms with van der Waals surface area (Å²) in [5.41, 5.74) is 1.19. The van der Waals surface area contributed by atoms with Crippen molar-refractivity contribution in [3.8, 4) is 0 Å². The van der Waals surface area contributed by atoms with Crippen LogP contribution in [0.1, 0.15) is 24.6 Å². The predicted molar refractivity (Wildman–Crippen MR) is 43.2 cm³/mol. The Labute approximate surface area is 66.4 Å². The molecule has 1 aliphatic heterocycles. The number of aryl methyl sites for hydroxylation is 1. The van der Waals surface area contributed by atoms with Crippen molar-refractivity contribution in [1.82, 2.24) is 15.1 Å². The average molecular weight is 151 g/mol. The molecule has 0 bridgehead atoms. The molecule has 1 fully saturated rings. The van der Waals surface area contributed by atoms with Gasteiger partial charge in [-0.1, -0.05) is 0 Å². The van der Waals surface area contributed by atoms with Gasteiger partial charge in [-0.2, -0.15) is 5.10 Å². The largest absolute Gasteiger partial charge is 0.309 e. The zero-order valence-electron chi connectivity index (χ0n) is 6.75. The SMILES string of the molecule is Cn1ccc([C@@H]2CCCN2)n1. The van der Waals surface area contributed by atoms with Gasteiger partial charge in [0.05, 0.1) is 11.7 Å². The van der Waals surface area contributed by atoms with Crippen LogP contribution in [0.25, 0.3) is 0 Å². The van der Waals surface area contributed by atoms with Crippen LogP contribution in [0.2, 0.25) is 0 Å². The van der Waals surface area contributed by atoms with Crippen molar-refractivity contribution in [2.45, 2.75) is 18.9 Å². The highest BCUT2D eigenvalue weighted by molar-refractivity contribution is 5.06. The molecule has 1 N–H and O–H groups in total. The van der Waals surface area contributed by atoms with Gasteiger partial charge in [0.15, 0.2) is 0 Å². The summed E-state index contributed by atoms with van der Waals surface area (Å²) in [4.78, 5) is 0. The molecule has 0 saturated carbocycles. The average Bonchev–Trinajstić information content (AvgIpc) is 2.55. The summed E-state index contributed by atoms with van der Waals surface area (Å²) in [7, 11) is 1.96. The van der Waals surface area contributed by atoms with Gasteiger partial charge in [0.1, 0.15) is 0 Å². The first kappa shape index (κ1) is 6.85. The molecule has 1 aromatic rings. The van der Waals surface area contributed by atoms with Gasteiger partial charge in [-0.15, -0.1) is 0 Å². The van der Waals surface area contributed by atoms with E-state index in [-0.39, 0.29) is 0 Å². The molecule has 1 aromatic heterocycles. The van der Waals surface area contributed by atoms with Gasteiger partial charge in [-0.3, -0.25) is 4.68 Å². The molecule has 60 valence electrons. The van der Waals surface area contributed by atoms with E-state index in [2.05, 4.69) is 16.5 Å². The second kappa shape index (κ2) is 2.66. The van der Waals surface area contributed by atoms with Crippen molar-refractivity contribution in [3.63, 3.8) is 0 Å². The summed E-state index contributed by atoms with van der Waals surface area (Å²) in [6.07, 6.45) is 4.51. The molecule has 2 heterocycles. The Kier molecular flexibility index (Phi) is 1.66. The highest BCUT2D eigenvalue weighted by Gasteiger charge is 2.17. The lowest BCUT2D eigenvalue weighted by Crippen LogP contribution is -2.13. The minimum Gasteiger partial charge on any atom is -0.309 e. The molecule has 1 atom stereocenters. The highest BCUT2D eigenvalue weighted by atomic mass is 15.3. The lowest BCUT2D eigenvalue weighted by atomic mass is 10.2. The highest BCUT2D eigenvalue weighted by Crippen LogP contribution is 2.20. The molecule has 0 aliphatic carbocycles. The van der Waals surface area contributed by atoms with Crippen LogP contribution in [0.15, 0.2) is 12.3 Å². The van der Waals surface area contributed by atoms with E-state index in [4.69, 9.17) is 0 Å². The first-order valence-electron chi connectivity index (χ1n) is 4.09. The van der Waals surface area contributed by atoms with E-state index < -0.39 is 0 Å². The smallest absolute Gasteiger partial charge is 0.0793 e. The Hall–Kier alpha value is -0.830. The van der Waals surface area contributed by atoms with E-state index in [9.17, 15) is 0 Å². The molecule has 0 unspecified atom stereocenters. The van der Waals surface area contributed by atoms with Crippen LogP contribution in [0.4, 0.5) is 0 Å². The number of rotatable bonds is 1. The summed E-state index contributed by atoms with van der Waals surface area (Å²) in [6.45, 7) is 1.14. The molecule has 1 saturated heterocycles. The summed E-state index contributed by atoms with van der Waals surface area (Å²) in [5, 5.41) is 7.76. The van der Waals surface area contributed by atoms with Crippen molar-refractivity contribution >= 4 is 0 Å². The molecule has 11 heavy (non-hydrogen) atoms. The minimum absolute atomic E-state index is 0.510. The Morgan fingerprint density at radius 2 is 2.64 bits per heavy atom. The maximum atomic E-state index is 4.35. The Balaban J connectivity index is 2.15. The Morgan fingerprint density at radius 1 is 1.73 bits per heavy atom. The first-order valence-corrected chi connectivity index (χ1v) is 4.09. The topological polar surface area (TPSA) is 29.9 Å². The van der Waals surface area contributed by atoms with Gasteiger partial charge in [-0.05, 0) is 25.5 Å². The first-order chi connectivity index (χ1) is 5.36. The monoisotopic (exact) mass is 151 g/mol. The molecular weight excluding hydrogens is 138 g/mol. The fourth-order valence-corrected chi connectivity index (χ4v) is 1.56. The second-order valence-corrected chi connectivity index (χ2v) is 3.06. The number of aromatic nitrogens is 2. The minimum atomic E-state index is 0.510. The molecular formula is C8H13N3. The predicted octanol–water partition coefficient (Wildman–Crippen LogP) is 0.845. The van der Waals surface area contributed by atoms with Crippen LogP contribution < -0.4 is 5.32 Å². The lowest BCUT2D eigenvalue weighted by Gasteiger charge is -2.04. The maximum Gasteiger partial charge on any atom is 0.0793 e. The maximum absolute atomic E-state index is 4.35. The van der Waals surface area contributed by atoms with Crippen molar-refractivity contribution in [2.24, 2.45) is 7.05 Å². The van der Waals surface area contributed by atoms with Gasteiger partial charge in [0, 0.05) is 13.2 Å². The summed E-state index contributed by atoms with van der Waals surface area (Å²) >= 11 is 0. The van der Waals surface area contributed by atoms with Crippen LogP contribution in [-0.4, -0.2) is 16.3 Å². The summed E-state index contributed by atoms with van der Waals surface area (Å²) < 4.78 is 1.86. The lowest BCUT2D eigenvalue weighted by molar-refractivity contribution is 0.607. The van der Waals surface area contributed by atoms with Gasteiger partial charge in [-0.25, -0.2) is 0 Å². The van der Waals surface area contributed by atoms with Crippen molar-refractivity contribution in [3.05, 3.63) is 18.0 Å². The molecule has 0 spiro atoms. The third kappa shape index (κ3) is 1.28. The summed E-state index contributed by atoms with van der Waals surface area (Å²) in [6, 6.07) is 2.60. The molecule has 0 amide bonds. The van der Waals surface area contributed by atoms with Crippen LogP contribution in [0.3, 0.4) is 0 Å². The van der Waals surface area contributed by atoms with E-state index in [1.807, 2.05) is 17.9 Å². The number of nitrogens with one attached hydrogen (secondary N) is 1. The Bertz CT molecular complexity index is 235. The molecule has 3 heteroatoms. The van der Waals surface area contributed by atoms with E-state index in [1.165, 1.54) is 18.5 Å². The van der Waals surface area contributed by atoms with Crippen LogP contribution in [0.5, 0.6) is 0 Å². The van der Waals surface area contributed by atoms with Gasteiger partial charge >= 0.3 is 0 Å². The summed E-state index contributed by atoms with van der Waals surface area (Å²) in [5.74, 6) is 0. The molecule has 1 aliphatic rings. The Morgan fingerprint density at radius 3 is 3.18 bits per heavy atom. The van der Waals surface area contributed by atoms with Crippen molar-refractivity contribution in [1.29, 1.82) is 0 Å².